The first kappa shape index (κ1) is 17.1. The van der Waals surface area contributed by atoms with Gasteiger partial charge in [0.05, 0.1) is 10.5 Å². The third kappa shape index (κ3) is 4.34. The average molecular weight is 403 g/mol. The summed E-state index contributed by atoms with van der Waals surface area (Å²) in [4.78, 5) is 22.9. The van der Waals surface area contributed by atoms with E-state index >= 15 is 0 Å². The van der Waals surface area contributed by atoms with E-state index in [4.69, 9.17) is 21.3 Å². The summed E-state index contributed by atoms with van der Waals surface area (Å²) < 4.78 is 28.0. The van der Waals surface area contributed by atoms with Crippen molar-refractivity contribution in [1.82, 2.24) is 15.0 Å². The highest BCUT2D eigenvalue weighted by molar-refractivity contribution is 9.10. The van der Waals surface area contributed by atoms with Crippen molar-refractivity contribution in [3.05, 3.63) is 34.1 Å². The number of esters is 1. The van der Waals surface area contributed by atoms with Crippen molar-refractivity contribution in [3.63, 3.8) is 0 Å². The Bertz CT molecular complexity index is 853. The third-order valence-electron chi connectivity index (χ3n) is 2.53. The molecular weight excluding hydrogens is 392 g/mol. The first-order valence-electron chi connectivity index (χ1n) is 5.92. The van der Waals surface area contributed by atoms with Gasteiger partial charge in [0.1, 0.15) is 0 Å². The minimum atomic E-state index is -3.95. The van der Waals surface area contributed by atoms with Crippen LogP contribution in [0.3, 0.4) is 0 Å². The van der Waals surface area contributed by atoms with Crippen LogP contribution in [0.4, 0.5) is 11.9 Å². The number of hydrogen-bond acceptors (Lipinski definition) is 9. The van der Waals surface area contributed by atoms with Crippen LogP contribution in [0.15, 0.2) is 27.6 Å². The van der Waals surface area contributed by atoms with Crippen LogP contribution in [0.1, 0.15) is 16.2 Å². The number of benzene rings is 1. The third-order valence-corrected chi connectivity index (χ3v) is 4.14. The summed E-state index contributed by atoms with van der Waals surface area (Å²) in [6.45, 7) is -0.318. The second kappa shape index (κ2) is 6.44. The number of aromatic nitrogens is 3. The van der Waals surface area contributed by atoms with E-state index in [2.05, 4.69) is 30.9 Å². The van der Waals surface area contributed by atoms with Crippen LogP contribution in [0.25, 0.3) is 0 Å². The maximum atomic E-state index is 12.1. The van der Waals surface area contributed by atoms with Gasteiger partial charge in [-0.25, -0.2) is 18.4 Å². The van der Waals surface area contributed by atoms with Gasteiger partial charge < -0.3 is 16.2 Å². The molecule has 0 saturated carbocycles. The minimum Gasteiger partial charge on any atom is -0.454 e. The smallest absolute Gasteiger partial charge is 0.339 e. The summed E-state index contributed by atoms with van der Waals surface area (Å²) >= 11 is 3.13. The molecule has 0 unspecified atom stereocenters. The van der Waals surface area contributed by atoms with E-state index < -0.39 is 16.0 Å². The fraction of sp³-hybridized carbons (Fsp3) is 0.0909. The van der Waals surface area contributed by atoms with Crippen molar-refractivity contribution >= 4 is 43.8 Å². The Morgan fingerprint density at radius 2 is 1.78 bits per heavy atom. The van der Waals surface area contributed by atoms with Gasteiger partial charge in [0, 0.05) is 4.47 Å². The van der Waals surface area contributed by atoms with Gasteiger partial charge in [-0.1, -0.05) is 0 Å². The van der Waals surface area contributed by atoms with Crippen LogP contribution in [0.2, 0.25) is 0 Å². The van der Waals surface area contributed by atoms with E-state index in [9.17, 15) is 13.2 Å². The molecule has 0 aliphatic rings. The van der Waals surface area contributed by atoms with Crippen molar-refractivity contribution in [2.75, 3.05) is 11.5 Å². The van der Waals surface area contributed by atoms with Crippen LogP contribution in [-0.4, -0.2) is 29.3 Å². The fourth-order valence-electron chi connectivity index (χ4n) is 1.57. The maximum absolute atomic E-state index is 12.1. The molecule has 0 spiro atoms. The van der Waals surface area contributed by atoms with Crippen LogP contribution in [0, 0.1) is 0 Å². The summed E-state index contributed by atoms with van der Waals surface area (Å²) in [5.74, 6) is -0.969. The van der Waals surface area contributed by atoms with Crippen LogP contribution in [0.5, 0.6) is 0 Å². The number of rotatable bonds is 4. The second-order valence-corrected chi connectivity index (χ2v) is 6.65. The number of carbonyl (C=O) groups is 1. The lowest BCUT2D eigenvalue weighted by Crippen LogP contribution is -2.15. The Hall–Kier alpha value is -2.31. The van der Waals surface area contributed by atoms with Crippen molar-refractivity contribution in [2.45, 2.75) is 11.5 Å². The van der Waals surface area contributed by atoms with Crippen molar-refractivity contribution in [3.8, 4) is 0 Å². The number of nitrogens with zero attached hydrogens (tertiary/aromatic N) is 3. The number of nitrogen functional groups attached to an aromatic ring is 2. The van der Waals surface area contributed by atoms with E-state index in [0.717, 1.165) is 6.07 Å². The zero-order chi connectivity index (χ0) is 17.2. The molecule has 0 atom stereocenters. The number of hydrogen-bond donors (Lipinski definition) is 3. The summed E-state index contributed by atoms with van der Waals surface area (Å²) in [5.41, 5.74) is 10.8. The first-order valence-corrected chi connectivity index (χ1v) is 8.26. The summed E-state index contributed by atoms with van der Waals surface area (Å²) in [5, 5.41) is 5.02. The van der Waals surface area contributed by atoms with Gasteiger partial charge in [0.15, 0.2) is 12.4 Å². The Morgan fingerprint density at radius 1 is 1.17 bits per heavy atom. The molecule has 0 fully saturated rings. The predicted molar refractivity (Wildman–Crippen MR) is 83.3 cm³/mol. The number of carbonyl (C=O) groups excluding carboxylic acids is 1. The lowest BCUT2D eigenvalue weighted by molar-refractivity contribution is 0.0461. The topological polar surface area (TPSA) is 177 Å². The molecule has 6 N–H and O–H groups in total. The summed E-state index contributed by atoms with van der Waals surface area (Å²) in [7, 11) is -3.95. The van der Waals surface area contributed by atoms with E-state index in [-0.39, 0.29) is 34.8 Å². The van der Waals surface area contributed by atoms with Crippen molar-refractivity contribution < 1.29 is 17.9 Å². The fourth-order valence-corrected chi connectivity index (χ4v) is 2.52. The Balaban J connectivity index is 2.21. The summed E-state index contributed by atoms with van der Waals surface area (Å²) in [6.07, 6.45) is 0. The molecule has 1 aromatic heterocycles. The molecular formula is C11H11BrN6O4S. The monoisotopic (exact) mass is 402 g/mol. The zero-order valence-electron chi connectivity index (χ0n) is 11.4. The first-order chi connectivity index (χ1) is 10.7. The van der Waals surface area contributed by atoms with Gasteiger partial charge in [-0.15, -0.1) is 0 Å². The molecule has 0 aliphatic heterocycles. The molecule has 0 bridgehead atoms. The molecule has 1 heterocycles. The highest BCUT2D eigenvalue weighted by Gasteiger charge is 2.17. The number of primary sulfonamides is 1. The number of anilines is 2. The van der Waals surface area contributed by atoms with Gasteiger partial charge in [0.25, 0.3) is 0 Å². The van der Waals surface area contributed by atoms with Crippen LogP contribution in [-0.2, 0) is 21.4 Å². The molecule has 0 radical (unpaired) electrons. The van der Waals surface area contributed by atoms with Gasteiger partial charge in [-0.2, -0.15) is 15.0 Å². The van der Waals surface area contributed by atoms with E-state index in [1.807, 2.05) is 0 Å². The molecule has 1 aromatic carbocycles. The van der Waals surface area contributed by atoms with Gasteiger partial charge >= 0.3 is 5.97 Å². The molecule has 0 aliphatic carbocycles. The molecule has 12 heteroatoms. The Labute approximate surface area is 139 Å². The minimum absolute atomic E-state index is 0.0217. The van der Waals surface area contributed by atoms with Crippen LogP contribution >= 0.6 is 15.9 Å². The quantitative estimate of drug-likeness (QED) is 0.583. The van der Waals surface area contributed by atoms with E-state index in [0.29, 0.717) is 4.47 Å². The molecule has 23 heavy (non-hydrogen) atoms. The number of nitrogens with two attached hydrogens (primary N) is 3. The summed E-state index contributed by atoms with van der Waals surface area (Å²) in [6, 6.07) is 3.72. The maximum Gasteiger partial charge on any atom is 0.339 e. The SMILES string of the molecule is Nc1nc(N)nc(COC(=O)c2cc(S(N)(=O)=O)ccc2Br)n1. The largest absolute Gasteiger partial charge is 0.454 e. The van der Waals surface area contributed by atoms with Crippen molar-refractivity contribution in [1.29, 1.82) is 0 Å². The zero-order valence-corrected chi connectivity index (χ0v) is 13.8. The van der Waals surface area contributed by atoms with Crippen LogP contribution < -0.4 is 16.6 Å². The molecule has 122 valence electrons. The lowest BCUT2D eigenvalue weighted by Gasteiger charge is -2.07. The van der Waals surface area contributed by atoms with E-state index in [1.165, 1.54) is 12.1 Å². The van der Waals surface area contributed by atoms with E-state index in [1.54, 1.807) is 0 Å². The standard InChI is InChI=1S/C11H11BrN6O4S/c12-7-2-1-5(23(15,20)21)3-6(7)9(19)22-4-8-16-10(13)18-11(14)17-8/h1-3H,4H2,(H2,15,20,21)(H4,13,14,16,17,18). The number of halogens is 1. The van der Waals surface area contributed by atoms with Gasteiger partial charge in [-0.05, 0) is 34.1 Å². The molecule has 2 aromatic rings. The number of sulfonamides is 1. The molecule has 2 rings (SSSR count). The highest BCUT2D eigenvalue weighted by atomic mass is 79.9. The number of ether oxygens (including phenoxy) is 1. The van der Waals surface area contributed by atoms with Gasteiger partial charge in [-0.3, -0.25) is 0 Å². The predicted octanol–water partition coefficient (Wildman–Crippen LogP) is -0.197. The average Bonchev–Trinajstić information content (AvgIpc) is 2.43. The Morgan fingerprint density at radius 3 is 2.35 bits per heavy atom. The van der Waals surface area contributed by atoms with Gasteiger partial charge in [0.2, 0.25) is 21.9 Å². The van der Waals surface area contributed by atoms with Crippen molar-refractivity contribution in [2.24, 2.45) is 5.14 Å². The Kier molecular flexibility index (Phi) is 4.77. The molecule has 0 amide bonds. The lowest BCUT2D eigenvalue weighted by atomic mass is 10.2. The normalized spacial score (nSPS) is 11.2. The molecule has 10 nitrogen and oxygen atoms in total. The molecule has 0 saturated heterocycles. The highest BCUT2D eigenvalue weighted by Crippen LogP contribution is 2.21. The second-order valence-electron chi connectivity index (χ2n) is 4.23.